The molecule has 0 saturated heterocycles. The van der Waals surface area contributed by atoms with Gasteiger partial charge in [-0.15, -0.1) is 0 Å². The van der Waals surface area contributed by atoms with E-state index in [1.807, 2.05) is 0 Å². The zero-order valence-corrected chi connectivity index (χ0v) is 14.7. The molecule has 9 nitrogen and oxygen atoms in total. The van der Waals surface area contributed by atoms with Gasteiger partial charge in [-0.05, 0) is 42.5 Å². The molecule has 0 atom stereocenters. The molecule has 0 radical (unpaired) electrons. The van der Waals surface area contributed by atoms with Crippen molar-refractivity contribution in [2.45, 2.75) is 6.61 Å². The Morgan fingerprint density at radius 3 is 2.54 bits per heavy atom. The van der Waals surface area contributed by atoms with Crippen LogP contribution in [0.2, 0.25) is 0 Å². The number of nitrogens with one attached hydrogen (secondary N) is 1. The van der Waals surface area contributed by atoms with Gasteiger partial charge in [0, 0.05) is 12.1 Å². The van der Waals surface area contributed by atoms with Crippen molar-refractivity contribution in [3.05, 3.63) is 76.2 Å². The summed E-state index contributed by atoms with van der Waals surface area (Å²) in [5.41, 5.74) is -0.354. The molecule has 2 N–H and O–H groups in total. The molecule has 3 aromatic rings. The van der Waals surface area contributed by atoms with Gasteiger partial charge in [-0.1, -0.05) is 0 Å². The summed E-state index contributed by atoms with van der Waals surface area (Å²) in [6, 6.07) is 13.3. The quantitative estimate of drug-likeness (QED) is 0.361. The van der Waals surface area contributed by atoms with E-state index in [-0.39, 0.29) is 29.5 Å². The van der Waals surface area contributed by atoms with Gasteiger partial charge >= 0.3 is 0 Å². The van der Waals surface area contributed by atoms with E-state index in [1.165, 1.54) is 6.07 Å². The first-order valence-electron chi connectivity index (χ1n) is 8.10. The molecule has 0 aliphatic rings. The van der Waals surface area contributed by atoms with E-state index in [0.717, 1.165) is 18.2 Å². The minimum absolute atomic E-state index is 0.0285. The second-order valence-electron chi connectivity index (χ2n) is 5.64. The van der Waals surface area contributed by atoms with E-state index >= 15 is 0 Å². The Bertz CT molecular complexity index is 996. The van der Waals surface area contributed by atoms with Crippen LogP contribution >= 0.6 is 0 Å². The molecule has 1 amide bonds. The number of ether oxygens (including phenoxy) is 2. The lowest BCUT2D eigenvalue weighted by Gasteiger charge is -2.06. The molecule has 9 heteroatoms. The largest absolute Gasteiger partial charge is 0.506 e. The fourth-order valence-electron chi connectivity index (χ4n) is 2.33. The van der Waals surface area contributed by atoms with Crippen LogP contribution < -0.4 is 14.8 Å². The molecule has 0 bridgehead atoms. The van der Waals surface area contributed by atoms with Crippen molar-refractivity contribution in [1.29, 1.82) is 0 Å². The first-order chi connectivity index (χ1) is 13.5. The van der Waals surface area contributed by atoms with Crippen molar-refractivity contribution in [3.8, 4) is 17.2 Å². The van der Waals surface area contributed by atoms with E-state index in [9.17, 15) is 20.0 Å². The molecule has 1 aromatic heterocycles. The highest BCUT2D eigenvalue weighted by Gasteiger charge is 2.16. The smallest absolute Gasteiger partial charge is 0.291 e. The summed E-state index contributed by atoms with van der Waals surface area (Å²) in [6.45, 7) is 0.0989. The number of amides is 1. The lowest BCUT2D eigenvalue weighted by Crippen LogP contribution is -2.11. The second-order valence-corrected chi connectivity index (χ2v) is 5.64. The first kappa shape index (κ1) is 18.8. The van der Waals surface area contributed by atoms with Gasteiger partial charge in [-0.25, -0.2) is 0 Å². The normalized spacial score (nSPS) is 10.3. The Kier molecular flexibility index (Phi) is 5.45. The predicted octanol–water partition coefficient (Wildman–Crippen LogP) is 3.73. The number of methoxy groups -OCH3 is 1. The van der Waals surface area contributed by atoms with Crippen molar-refractivity contribution in [2.75, 3.05) is 12.4 Å². The Balaban J connectivity index is 1.63. The number of phenolic OH excluding ortho intramolecular Hbond substituents is 1. The summed E-state index contributed by atoms with van der Waals surface area (Å²) in [5, 5.41) is 23.0. The van der Waals surface area contributed by atoms with Gasteiger partial charge in [0.25, 0.3) is 11.6 Å². The molecule has 2 aromatic carbocycles. The third-order valence-electron chi connectivity index (χ3n) is 3.77. The highest BCUT2D eigenvalue weighted by Crippen LogP contribution is 2.28. The minimum atomic E-state index is -0.661. The molecule has 0 fully saturated rings. The number of carbonyl (C=O) groups excluding carboxylic acids is 1. The van der Waals surface area contributed by atoms with Gasteiger partial charge in [-0.2, -0.15) is 0 Å². The molecule has 0 unspecified atom stereocenters. The van der Waals surface area contributed by atoms with Crippen LogP contribution in [0.4, 0.5) is 11.4 Å². The minimum Gasteiger partial charge on any atom is -0.506 e. The van der Waals surface area contributed by atoms with Crippen molar-refractivity contribution >= 4 is 17.3 Å². The number of anilines is 1. The van der Waals surface area contributed by atoms with Crippen LogP contribution in [-0.4, -0.2) is 23.0 Å². The molecule has 0 aliphatic carbocycles. The summed E-state index contributed by atoms with van der Waals surface area (Å²) in [5.74, 6) is 0.724. The van der Waals surface area contributed by atoms with E-state index in [4.69, 9.17) is 13.9 Å². The first-order valence-corrected chi connectivity index (χ1v) is 8.10. The van der Waals surface area contributed by atoms with E-state index in [2.05, 4.69) is 5.32 Å². The topological polar surface area (TPSA) is 124 Å². The average molecular weight is 384 g/mol. The zero-order valence-electron chi connectivity index (χ0n) is 14.7. The number of aromatic hydroxyl groups is 1. The second kappa shape index (κ2) is 8.12. The molecule has 1 heterocycles. The molecule has 0 aliphatic heterocycles. The lowest BCUT2D eigenvalue weighted by atomic mass is 10.2. The summed E-state index contributed by atoms with van der Waals surface area (Å²) in [4.78, 5) is 22.5. The Hall–Kier alpha value is -4.01. The van der Waals surface area contributed by atoms with Gasteiger partial charge < -0.3 is 24.3 Å². The Morgan fingerprint density at radius 2 is 1.86 bits per heavy atom. The van der Waals surface area contributed by atoms with E-state index < -0.39 is 10.8 Å². The Morgan fingerprint density at radius 1 is 1.14 bits per heavy atom. The van der Waals surface area contributed by atoms with E-state index in [1.54, 1.807) is 37.4 Å². The van der Waals surface area contributed by atoms with Crippen LogP contribution in [-0.2, 0) is 6.61 Å². The fourth-order valence-corrected chi connectivity index (χ4v) is 2.33. The highest BCUT2D eigenvalue weighted by molar-refractivity contribution is 6.03. The number of nitro groups is 1. The van der Waals surface area contributed by atoms with Crippen LogP contribution in [0.5, 0.6) is 17.2 Å². The predicted molar refractivity (Wildman–Crippen MR) is 98.7 cm³/mol. The number of hydrogen-bond acceptors (Lipinski definition) is 7. The third-order valence-corrected chi connectivity index (χ3v) is 3.77. The highest BCUT2D eigenvalue weighted by atomic mass is 16.6. The molecule has 0 saturated carbocycles. The molecule has 144 valence electrons. The summed E-state index contributed by atoms with van der Waals surface area (Å²) >= 11 is 0. The van der Waals surface area contributed by atoms with Crippen LogP contribution in [0, 0.1) is 10.1 Å². The maximum atomic E-state index is 12.3. The van der Waals surface area contributed by atoms with Gasteiger partial charge in [0.1, 0.15) is 29.6 Å². The summed E-state index contributed by atoms with van der Waals surface area (Å²) < 4.78 is 16.1. The van der Waals surface area contributed by atoms with Crippen LogP contribution in [0.25, 0.3) is 0 Å². The number of rotatable bonds is 7. The Labute approximate surface area is 159 Å². The fraction of sp³-hybridized carbons (Fsp3) is 0.105. The van der Waals surface area contributed by atoms with Crippen LogP contribution in [0.1, 0.15) is 16.3 Å². The van der Waals surface area contributed by atoms with Crippen molar-refractivity contribution in [3.63, 3.8) is 0 Å². The molecular formula is C19H16N2O7. The number of nitro benzene ring substituents is 1. The maximum absolute atomic E-state index is 12.3. The lowest BCUT2D eigenvalue weighted by molar-refractivity contribution is -0.384. The SMILES string of the molecule is COc1ccc(OCc2ccc(C(=O)Nc3cc([N+](=O)[O-])ccc3O)o2)cc1. The monoisotopic (exact) mass is 384 g/mol. The van der Waals surface area contributed by atoms with Crippen molar-refractivity contribution in [2.24, 2.45) is 0 Å². The van der Waals surface area contributed by atoms with E-state index in [0.29, 0.717) is 17.3 Å². The molecule has 28 heavy (non-hydrogen) atoms. The third kappa shape index (κ3) is 4.39. The van der Waals surface area contributed by atoms with Crippen molar-refractivity contribution < 1.29 is 28.7 Å². The number of phenols is 1. The number of non-ortho nitro benzene ring substituents is 1. The number of nitrogens with zero attached hydrogens (tertiary/aromatic N) is 1. The van der Waals surface area contributed by atoms with Gasteiger partial charge in [0.15, 0.2) is 5.76 Å². The molecule has 0 spiro atoms. The van der Waals surface area contributed by atoms with Crippen LogP contribution in [0.15, 0.2) is 59.0 Å². The molecular weight excluding hydrogens is 368 g/mol. The average Bonchev–Trinajstić information content (AvgIpc) is 3.17. The van der Waals surface area contributed by atoms with Gasteiger partial charge in [-0.3, -0.25) is 14.9 Å². The zero-order chi connectivity index (χ0) is 20.1. The summed E-state index contributed by atoms with van der Waals surface area (Å²) in [6.07, 6.45) is 0. The van der Waals surface area contributed by atoms with Gasteiger partial charge in [0.2, 0.25) is 0 Å². The number of furan rings is 1. The number of carbonyl (C=O) groups is 1. The standard InChI is InChI=1S/C19H16N2O7/c1-26-13-3-5-14(6-4-13)27-11-15-7-9-18(28-15)19(23)20-16-10-12(21(24)25)2-8-17(16)22/h2-10,22H,11H2,1H3,(H,20,23). The number of hydrogen-bond donors (Lipinski definition) is 2. The summed E-state index contributed by atoms with van der Waals surface area (Å²) in [7, 11) is 1.57. The number of benzene rings is 2. The van der Waals surface area contributed by atoms with Crippen molar-refractivity contribution in [1.82, 2.24) is 0 Å². The maximum Gasteiger partial charge on any atom is 0.291 e. The van der Waals surface area contributed by atoms with Gasteiger partial charge in [0.05, 0.1) is 17.7 Å². The molecule has 3 rings (SSSR count). The van der Waals surface area contributed by atoms with Crippen LogP contribution in [0.3, 0.4) is 0 Å².